The number of methoxy groups -OCH3 is 1. The Labute approximate surface area is 249 Å². The zero-order valence-corrected chi connectivity index (χ0v) is 24.0. The minimum Gasteiger partial charge on any atom is -0.465 e. The lowest BCUT2D eigenvalue weighted by Crippen LogP contribution is -2.51. The van der Waals surface area contributed by atoms with Gasteiger partial charge in [0.25, 0.3) is 0 Å². The normalized spacial score (nSPS) is 23.3. The van der Waals surface area contributed by atoms with E-state index in [1.807, 2.05) is 0 Å². The zero-order valence-electron chi connectivity index (χ0n) is 22.5. The number of esters is 1. The number of hydrogen-bond donors (Lipinski definition) is 1. The van der Waals surface area contributed by atoms with Crippen LogP contribution in [-0.4, -0.2) is 30.2 Å². The van der Waals surface area contributed by atoms with E-state index in [0.29, 0.717) is 40.2 Å². The van der Waals surface area contributed by atoms with Crippen molar-refractivity contribution in [1.29, 1.82) is 0 Å². The van der Waals surface area contributed by atoms with Gasteiger partial charge in [0.1, 0.15) is 11.5 Å². The first kappa shape index (κ1) is 29.0. The molecule has 12 heteroatoms. The van der Waals surface area contributed by atoms with Crippen LogP contribution in [0.1, 0.15) is 65.3 Å². The molecule has 7 nitrogen and oxygen atoms in total. The third kappa shape index (κ3) is 5.52. The molecule has 4 aliphatic carbocycles. The number of nitrogens with zero attached hydrogens (tertiary/aromatic N) is 1. The first-order valence-corrected chi connectivity index (χ1v) is 14.5. The Kier molecular flexibility index (Phi) is 7.74. The van der Waals surface area contributed by atoms with E-state index >= 15 is 0 Å². The van der Waals surface area contributed by atoms with Crippen molar-refractivity contribution in [2.45, 2.75) is 56.9 Å². The number of alkyl halides is 3. The van der Waals surface area contributed by atoms with Crippen molar-refractivity contribution < 1.29 is 36.8 Å². The molecule has 4 saturated carbocycles. The van der Waals surface area contributed by atoms with Crippen LogP contribution in [0.25, 0.3) is 11.3 Å². The Morgan fingerprint density at radius 3 is 2.38 bits per heavy atom. The molecule has 0 aliphatic heterocycles. The number of hydrogen-bond acceptors (Lipinski definition) is 6. The molecule has 3 aromatic rings. The lowest BCUT2D eigenvalue weighted by Gasteiger charge is -2.51. The molecule has 1 amide bonds. The Balaban J connectivity index is 1.13. The lowest BCUT2D eigenvalue weighted by molar-refractivity contribution is -0.142. The molecule has 1 aromatic heterocycles. The van der Waals surface area contributed by atoms with Gasteiger partial charge in [-0.25, -0.2) is 4.79 Å². The number of fused-ring (bicyclic) bond motifs is 2. The predicted octanol–water partition coefficient (Wildman–Crippen LogP) is 7.90. The summed E-state index contributed by atoms with van der Waals surface area (Å²) in [5.41, 5.74) is 0.237. The zero-order chi connectivity index (χ0) is 29.8. The minimum absolute atomic E-state index is 0.0136. The molecule has 222 valence electrons. The maximum atomic E-state index is 13.7. The SMILES string of the molecule is COC(=O)c1ccc(NC(=O)C2C3CC(OCc4c(-c5c(Cl)cccc5Cl)noc4C4CC4)CC2C3)c(C(F)(F)F)c1. The molecular weight excluding hydrogens is 596 g/mol. The monoisotopic (exact) mass is 622 g/mol. The molecule has 2 aromatic carbocycles. The van der Waals surface area contributed by atoms with Crippen molar-refractivity contribution in [2.24, 2.45) is 17.8 Å². The van der Waals surface area contributed by atoms with E-state index in [2.05, 4.69) is 15.2 Å². The molecule has 4 fully saturated rings. The second-order valence-electron chi connectivity index (χ2n) is 11.2. The minimum atomic E-state index is -4.77. The van der Waals surface area contributed by atoms with Crippen LogP contribution >= 0.6 is 23.2 Å². The van der Waals surface area contributed by atoms with E-state index in [4.69, 9.17) is 32.5 Å². The van der Waals surface area contributed by atoms with Gasteiger partial charge in [-0.2, -0.15) is 13.2 Å². The predicted molar refractivity (Wildman–Crippen MR) is 148 cm³/mol. The molecule has 42 heavy (non-hydrogen) atoms. The van der Waals surface area contributed by atoms with Crippen molar-refractivity contribution in [1.82, 2.24) is 5.16 Å². The van der Waals surface area contributed by atoms with E-state index in [1.54, 1.807) is 18.2 Å². The number of nitrogens with one attached hydrogen (secondary N) is 1. The molecule has 1 heterocycles. The Morgan fingerprint density at radius 2 is 1.76 bits per heavy atom. The Bertz CT molecular complexity index is 1510. The fourth-order valence-corrected chi connectivity index (χ4v) is 6.87. The number of anilines is 1. The summed E-state index contributed by atoms with van der Waals surface area (Å²) in [6.07, 6.45) is -0.864. The number of carbonyl (C=O) groups is 2. The molecule has 2 atom stereocenters. The summed E-state index contributed by atoms with van der Waals surface area (Å²) in [6, 6.07) is 8.22. The van der Waals surface area contributed by atoms with Crippen LogP contribution in [0.5, 0.6) is 0 Å². The second kappa shape index (κ2) is 11.2. The van der Waals surface area contributed by atoms with Gasteiger partial charge in [0, 0.05) is 23.0 Å². The number of halogens is 5. The van der Waals surface area contributed by atoms with Gasteiger partial charge in [-0.05, 0) is 74.3 Å². The second-order valence-corrected chi connectivity index (χ2v) is 12.0. The largest absolute Gasteiger partial charge is 0.465 e. The maximum absolute atomic E-state index is 13.7. The van der Waals surface area contributed by atoms with Crippen LogP contribution in [0.2, 0.25) is 10.0 Å². The van der Waals surface area contributed by atoms with Crippen molar-refractivity contribution >= 4 is 40.8 Å². The highest BCUT2D eigenvalue weighted by Gasteiger charge is 2.51. The van der Waals surface area contributed by atoms with Gasteiger partial charge in [-0.15, -0.1) is 0 Å². The van der Waals surface area contributed by atoms with E-state index in [9.17, 15) is 22.8 Å². The molecule has 7 rings (SSSR count). The standard InChI is InChI=1S/C30H27Cl2F3N2O5/c1-40-29(39)15-7-8-23(20(12-15)30(33,34)35)36-28(38)24-16-9-17(24)11-18(10-16)41-13-19-26(37-42-27(19)14-5-6-14)25-21(31)3-2-4-22(25)32/h2-4,7-8,12,14,16-18,24H,5-6,9-11,13H2,1H3,(H,36,38). The first-order chi connectivity index (χ1) is 20.0. The molecule has 2 bridgehead atoms. The number of ether oxygens (including phenoxy) is 2. The average molecular weight is 623 g/mol. The third-order valence-corrected chi connectivity index (χ3v) is 9.12. The quantitative estimate of drug-likeness (QED) is 0.257. The summed E-state index contributed by atoms with van der Waals surface area (Å²) >= 11 is 12.9. The van der Waals surface area contributed by atoms with E-state index in [0.717, 1.165) is 43.8 Å². The number of rotatable bonds is 8. The van der Waals surface area contributed by atoms with Gasteiger partial charge in [0.2, 0.25) is 5.91 Å². The Hall–Kier alpha value is -3.08. The summed E-state index contributed by atoms with van der Waals surface area (Å²) in [5.74, 6) is -0.741. The maximum Gasteiger partial charge on any atom is 0.418 e. The molecule has 0 spiro atoms. The van der Waals surface area contributed by atoms with Crippen LogP contribution in [0, 0.1) is 17.8 Å². The Morgan fingerprint density at radius 1 is 1.07 bits per heavy atom. The van der Waals surface area contributed by atoms with Crippen LogP contribution < -0.4 is 5.32 Å². The van der Waals surface area contributed by atoms with Gasteiger partial charge in [-0.1, -0.05) is 34.4 Å². The fourth-order valence-electron chi connectivity index (χ4n) is 6.29. The highest BCUT2D eigenvalue weighted by atomic mass is 35.5. The van der Waals surface area contributed by atoms with Gasteiger partial charge in [0.15, 0.2) is 0 Å². The van der Waals surface area contributed by atoms with Crippen LogP contribution in [0.3, 0.4) is 0 Å². The van der Waals surface area contributed by atoms with E-state index in [-0.39, 0.29) is 41.7 Å². The van der Waals surface area contributed by atoms with Crippen LogP contribution in [0.15, 0.2) is 40.9 Å². The number of aromatic nitrogens is 1. The topological polar surface area (TPSA) is 90.7 Å². The summed E-state index contributed by atoms with van der Waals surface area (Å²) in [5, 5.41) is 7.68. The summed E-state index contributed by atoms with van der Waals surface area (Å²) in [4.78, 5) is 24.9. The third-order valence-electron chi connectivity index (χ3n) is 8.49. The van der Waals surface area contributed by atoms with Crippen LogP contribution in [0.4, 0.5) is 18.9 Å². The molecular formula is C30H27Cl2F3N2O5. The average Bonchev–Trinajstić information content (AvgIpc) is 3.71. The molecule has 4 aliphatic rings. The van der Waals surface area contributed by atoms with Crippen LogP contribution in [-0.2, 0) is 27.1 Å². The highest BCUT2D eigenvalue weighted by molar-refractivity contribution is 6.39. The van der Waals surface area contributed by atoms with Gasteiger partial charge >= 0.3 is 12.1 Å². The molecule has 0 saturated heterocycles. The van der Waals surface area contributed by atoms with Crippen molar-refractivity contribution in [2.75, 3.05) is 12.4 Å². The van der Waals surface area contributed by atoms with Crippen molar-refractivity contribution in [3.8, 4) is 11.3 Å². The van der Waals surface area contributed by atoms with Crippen molar-refractivity contribution in [3.63, 3.8) is 0 Å². The summed E-state index contributed by atoms with van der Waals surface area (Å²) in [6.45, 7) is 0.245. The molecule has 1 N–H and O–H groups in total. The number of amides is 1. The van der Waals surface area contributed by atoms with E-state index in [1.165, 1.54) is 6.07 Å². The fraction of sp³-hybridized carbons (Fsp3) is 0.433. The van der Waals surface area contributed by atoms with E-state index < -0.39 is 29.5 Å². The van der Waals surface area contributed by atoms with Crippen molar-refractivity contribution in [3.05, 3.63) is 68.9 Å². The van der Waals surface area contributed by atoms with Gasteiger partial charge in [0.05, 0.1) is 46.7 Å². The lowest BCUT2D eigenvalue weighted by atomic mass is 9.56. The van der Waals surface area contributed by atoms with Gasteiger partial charge in [-0.3, -0.25) is 4.79 Å². The number of carbonyl (C=O) groups excluding carboxylic acids is 2. The molecule has 2 unspecified atom stereocenters. The summed E-state index contributed by atoms with van der Waals surface area (Å²) in [7, 11) is 1.09. The smallest absolute Gasteiger partial charge is 0.418 e. The summed E-state index contributed by atoms with van der Waals surface area (Å²) < 4.78 is 57.8. The molecule has 0 radical (unpaired) electrons. The first-order valence-electron chi connectivity index (χ1n) is 13.7. The van der Waals surface area contributed by atoms with Gasteiger partial charge < -0.3 is 19.3 Å². The highest BCUT2D eigenvalue weighted by Crippen LogP contribution is 2.53. The number of benzene rings is 2.